The molecule has 0 saturated heterocycles. The van der Waals surface area contributed by atoms with Gasteiger partial charge >= 0.3 is 0 Å². The molecule has 0 aromatic carbocycles. The van der Waals surface area contributed by atoms with Crippen molar-refractivity contribution in [1.29, 1.82) is 0 Å². The monoisotopic (exact) mass is 135 g/mol. The first-order chi connectivity index (χ1) is 4.97. The van der Waals surface area contributed by atoms with Crippen LogP contribution in [0.5, 0.6) is 0 Å². The van der Waals surface area contributed by atoms with Gasteiger partial charge in [0.15, 0.2) is 0 Å². The number of fused-ring (bicyclic) bond motifs is 1. The predicted octanol–water partition coefficient (Wildman–Crippen LogP) is 1.11. The summed E-state index contributed by atoms with van der Waals surface area (Å²) in [6.45, 7) is 0.964. The van der Waals surface area contributed by atoms with Crippen LogP contribution >= 0.6 is 0 Å². The molecule has 1 unspecified atom stereocenters. The molecule has 0 bridgehead atoms. The minimum atomic E-state index is 0.492. The van der Waals surface area contributed by atoms with Gasteiger partial charge in [-0.1, -0.05) is 0 Å². The zero-order valence-electron chi connectivity index (χ0n) is 5.95. The first-order valence-electron chi connectivity index (χ1n) is 3.84. The van der Waals surface area contributed by atoms with Gasteiger partial charge in [0.2, 0.25) is 0 Å². The molecule has 1 radical (unpaired) electrons. The number of hydrogen-bond donors (Lipinski definition) is 0. The van der Waals surface area contributed by atoms with Crippen molar-refractivity contribution in [2.45, 2.75) is 25.3 Å². The van der Waals surface area contributed by atoms with E-state index in [1.165, 1.54) is 12.0 Å². The van der Waals surface area contributed by atoms with Crippen LogP contribution in [0.3, 0.4) is 0 Å². The van der Waals surface area contributed by atoms with E-state index in [1.54, 1.807) is 0 Å². The normalized spacial score (nSPS) is 30.4. The van der Waals surface area contributed by atoms with Gasteiger partial charge in [0, 0.05) is 12.7 Å². The van der Waals surface area contributed by atoms with E-state index in [-0.39, 0.29) is 0 Å². The van der Waals surface area contributed by atoms with Crippen molar-refractivity contribution in [3.05, 3.63) is 11.8 Å². The standard InChI is InChI=1S/C8H11N2/c1-2-7-6-9-5-3-8(7)10-4-1/h4,6,8H,1-3,5H2. The molecule has 0 aromatic heterocycles. The molecule has 2 heterocycles. The maximum atomic E-state index is 4.40. The number of hydrogen-bond acceptors (Lipinski definition) is 1. The van der Waals surface area contributed by atoms with Crippen molar-refractivity contribution in [1.82, 2.24) is 5.32 Å². The second kappa shape index (κ2) is 2.45. The molecule has 2 aliphatic heterocycles. The van der Waals surface area contributed by atoms with E-state index in [2.05, 4.69) is 10.3 Å². The molecule has 0 aromatic rings. The zero-order chi connectivity index (χ0) is 6.81. The molecule has 1 atom stereocenters. The topological polar surface area (TPSA) is 26.5 Å². The summed E-state index contributed by atoms with van der Waals surface area (Å²) in [5, 5.41) is 4.23. The van der Waals surface area contributed by atoms with Gasteiger partial charge in [-0.3, -0.25) is 10.3 Å². The minimum Gasteiger partial charge on any atom is -0.293 e. The maximum absolute atomic E-state index is 4.40. The third-order valence-electron chi connectivity index (χ3n) is 2.06. The fraction of sp³-hybridized carbons (Fsp3) is 0.625. The van der Waals surface area contributed by atoms with E-state index in [0.29, 0.717) is 6.04 Å². The van der Waals surface area contributed by atoms with Gasteiger partial charge in [-0.25, -0.2) is 0 Å². The average molecular weight is 135 g/mol. The summed E-state index contributed by atoms with van der Waals surface area (Å²) in [5.41, 5.74) is 1.44. The lowest BCUT2D eigenvalue weighted by atomic mass is 9.96. The Balaban J connectivity index is 2.20. The van der Waals surface area contributed by atoms with Crippen molar-refractivity contribution in [3.8, 4) is 0 Å². The van der Waals surface area contributed by atoms with Gasteiger partial charge in [0.25, 0.3) is 0 Å². The second-order valence-electron chi connectivity index (χ2n) is 2.78. The van der Waals surface area contributed by atoms with E-state index < -0.39 is 0 Å². The van der Waals surface area contributed by atoms with Gasteiger partial charge in [-0.2, -0.15) is 0 Å². The molecule has 0 spiro atoms. The molecular weight excluding hydrogens is 124 g/mol. The van der Waals surface area contributed by atoms with Crippen LogP contribution < -0.4 is 5.32 Å². The van der Waals surface area contributed by atoms with E-state index in [9.17, 15) is 0 Å². The second-order valence-corrected chi connectivity index (χ2v) is 2.78. The predicted molar refractivity (Wildman–Crippen MR) is 41.2 cm³/mol. The van der Waals surface area contributed by atoms with Crippen LogP contribution in [0, 0.1) is 0 Å². The molecule has 2 aliphatic rings. The van der Waals surface area contributed by atoms with Crippen LogP contribution in [-0.4, -0.2) is 18.8 Å². The van der Waals surface area contributed by atoms with Crippen LogP contribution in [-0.2, 0) is 0 Å². The first kappa shape index (κ1) is 5.96. The molecule has 2 rings (SSSR count). The lowest BCUT2D eigenvalue weighted by Crippen LogP contribution is -2.23. The van der Waals surface area contributed by atoms with E-state index in [4.69, 9.17) is 0 Å². The summed E-state index contributed by atoms with van der Waals surface area (Å²) in [4.78, 5) is 4.40. The summed E-state index contributed by atoms with van der Waals surface area (Å²) >= 11 is 0. The molecule has 2 heteroatoms. The van der Waals surface area contributed by atoms with Gasteiger partial charge < -0.3 is 0 Å². The Morgan fingerprint density at radius 2 is 2.50 bits per heavy atom. The quantitative estimate of drug-likeness (QED) is 0.475. The van der Waals surface area contributed by atoms with Gasteiger partial charge in [0.1, 0.15) is 0 Å². The largest absolute Gasteiger partial charge is 0.293 e. The molecule has 0 fully saturated rings. The van der Waals surface area contributed by atoms with Crippen molar-refractivity contribution in [3.63, 3.8) is 0 Å². The minimum absolute atomic E-state index is 0.492. The molecule has 53 valence electrons. The van der Waals surface area contributed by atoms with Crippen molar-refractivity contribution < 1.29 is 0 Å². The summed E-state index contributed by atoms with van der Waals surface area (Å²) in [5.74, 6) is 0. The summed E-state index contributed by atoms with van der Waals surface area (Å²) in [7, 11) is 0. The molecular formula is C8H11N2. The SMILES string of the molecule is C1=NC2CC[N]C=C2CC1. The lowest BCUT2D eigenvalue weighted by molar-refractivity contribution is 0.584. The highest BCUT2D eigenvalue weighted by Crippen LogP contribution is 2.21. The maximum Gasteiger partial charge on any atom is 0.0740 e. The highest BCUT2D eigenvalue weighted by atomic mass is 14.9. The Kier molecular flexibility index (Phi) is 1.46. The highest BCUT2D eigenvalue weighted by Gasteiger charge is 2.18. The Labute approximate surface area is 61.0 Å². The fourth-order valence-corrected chi connectivity index (χ4v) is 1.48. The van der Waals surface area contributed by atoms with Crippen LogP contribution in [0.1, 0.15) is 19.3 Å². The number of nitrogens with zero attached hydrogens (tertiary/aromatic N) is 2. The van der Waals surface area contributed by atoms with Gasteiger partial charge in [0.05, 0.1) is 6.04 Å². The Morgan fingerprint density at radius 3 is 3.40 bits per heavy atom. The van der Waals surface area contributed by atoms with Crippen LogP contribution in [0.2, 0.25) is 0 Å². The van der Waals surface area contributed by atoms with Crippen molar-refractivity contribution >= 4 is 6.21 Å². The fourth-order valence-electron chi connectivity index (χ4n) is 1.48. The summed E-state index contributed by atoms with van der Waals surface area (Å²) < 4.78 is 0. The third-order valence-corrected chi connectivity index (χ3v) is 2.06. The summed E-state index contributed by atoms with van der Waals surface area (Å²) in [6, 6.07) is 0.492. The number of rotatable bonds is 0. The van der Waals surface area contributed by atoms with Gasteiger partial charge in [-0.15, -0.1) is 0 Å². The molecule has 0 N–H and O–H groups in total. The molecule has 0 amide bonds. The third kappa shape index (κ3) is 0.939. The molecule has 0 saturated carbocycles. The van der Waals surface area contributed by atoms with Crippen molar-refractivity contribution in [2.75, 3.05) is 6.54 Å². The first-order valence-corrected chi connectivity index (χ1v) is 3.84. The van der Waals surface area contributed by atoms with Crippen LogP contribution in [0.4, 0.5) is 0 Å². The number of aliphatic imine (C=N–C) groups is 1. The van der Waals surface area contributed by atoms with E-state index in [1.807, 2.05) is 12.4 Å². The van der Waals surface area contributed by atoms with Crippen LogP contribution in [0.15, 0.2) is 16.8 Å². The van der Waals surface area contributed by atoms with E-state index in [0.717, 1.165) is 19.4 Å². The van der Waals surface area contributed by atoms with Crippen LogP contribution in [0.25, 0.3) is 0 Å². The zero-order valence-corrected chi connectivity index (χ0v) is 5.95. The Bertz CT molecular complexity index is 182. The molecule has 10 heavy (non-hydrogen) atoms. The summed E-state index contributed by atoms with van der Waals surface area (Å²) in [6.07, 6.45) is 7.48. The Hall–Kier alpha value is -0.790. The lowest BCUT2D eigenvalue weighted by Gasteiger charge is -2.22. The average Bonchev–Trinajstić information content (AvgIpc) is 2.05. The smallest absolute Gasteiger partial charge is 0.0740 e. The van der Waals surface area contributed by atoms with E-state index >= 15 is 0 Å². The highest BCUT2D eigenvalue weighted by molar-refractivity contribution is 5.60. The van der Waals surface area contributed by atoms with Crippen molar-refractivity contribution in [2.24, 2.45) is 4.99 Å². The Morgan fingerprint density at radius 1 is 1.50 bits per heavy atom. The molecule has 0 aliphatic carbocycles. The van der Waals surface area contributed by atoms with Gasteiger partial charge in [-0.05, 0) is 31.1 Å². The molecule has 2 nitrogen and oxygen atoms in total.